The molecule has 0 heterocycles. The fraction of sp³-hybridized carbons (Fsp3) is 0.917. The molecule has 0 saturated heterocycles. The first-order valence-electron chi connectivity index (χ1n) is 6.34. The average Bonchev–Trinajstić information content (AvgIpc) is 2.14. The van der Waals surface area contributed by atoms with E-state index in [-0.39, 0.29) is 23.5 Å². The van der Waals surface area contributed by atoms with Crippen molar-refractivity contribution in [1.82, 2.24) is 10.6 Å². The summed E-state index contributed by atoms with van der Waals surface area (Å²) >= 11 is 0. The van der Waals surface area contributed by atoms with Gasteiger partial charge in [-0.15, -0.1) is 0 Å². The number of aliphatic hydroxyl groups is 1. The molecule has 0 saturated carbocycles. The lowest BCUT2D eigenvalue weighted by molar-refractivity contribution is -0.119. The van der Waals surface area contributed by atoms with Gasteiger partial charge in [0, 0.05) is 23.4 Å². The summed E-state index contributed by atoms with van der Waals surface area (Å²) in [6.07, 6.45) is -0.670. The number of carbonyl (C=O) groups is 1. The molecule has 0 spiro atoms. The van der Waals surface area contributed by atoms with Crippen molar-refractivity contribution in [3.63, 3.8) is 0 Å². The van der Waals surface area contributed by atoms with Crippen molar-refractivity contribution >= 4 is 16.7 Å². The minimum atomic E-state index is -1.31. The Morgan fingerprint density at radius 2 is 1.83 bits per heavy atom. The van der Waals surface area contributed by atoms with E-state index in [0.717, 1.165) is 6.54 Å². The molecule has 5 nitrogen and oxygen atoms in total. The van der Waals surface area contributed by atoms with Crippen LogP contribution in [0, 0.1) is 5.92 Å². The molecule has 2 unspecified atom stereocenters. The van der Waals surface area contributed by atoms with E-state index in [1.807, 2.05) is 13.8 Å². The van der Waals surface area contributed by atoms with Gasteiger partial charge >= 0.3 is 0 Å². The highest BCUT2D eigenvalue weighted by atomic mass is 32.2. The molecule has 0 rings (SSSR count). The van der Waals surface area contributed by atoms with Crippen LogP contribution in [0.1, 0.15) is 27.7 Å². The minimum Gasteiger partial charge on any atom is -0.391 e. The fourth-order valence-corrected chi connectivity index (χ4v) is 2.42. The Morgan fingerprint density at radius 3 is 2.33 bits per heavy atom. The average molecular weight is 278 g/mol. The molecule has 0 aliphatic rings. The standard InChI is InChI=1S/C12H26N2O3S/c1-9(2)5-13-6-11(15)7-18(17)8-12(16)14-10(3)4/h9-11,13,15H,5-8H2,1-4H3,(H,14,16). The van der Waals surface area contributed by atoms with Crippen LogP contribution in [0.25, 0.3) is 0 Å². The van der Waals surface area contributed by atoms with Gasteiger partial charge in [0.05, 0.1) is 11.9 Å². The summed E-state index contributed by atoms with van der Waals surface area (Å²) in [5.41, 5.74) is 0. The number of hydrogen-bond donors (Lipinski definition) is 3. The molecule has 108 valence electrons. The first-order chi connectivity index (χ1) is 8.31. The maximum atomic E-state index is 11.6. The summed E-state index contributed by atoms with van der Waals surface area (Å²) in [7, 11) is -1.31. The van der Waals surface area contributed by atoms with Crippen LogP contribution in [-0.2, 0) is 15.6 Å². The predicted octanol–water partition coefficient (Wildman–Crippen LogP) is -0.134. The zero-order chi connectivity index (χ0) is 14.1. The molecule has 6 heteroatoms. The summed E-state index contributed by atoms with van der Waals surface area (Å²) < 4.78 is 11.6. The Balaban J connectivity index is 3.76. The molecule has 0 aromatic heterocycles. The Labute approximate surface area is 112 Å². The van der Waals surface area contributed by atoms with E-state index < -0.39 is 16.9 Å². The summed E-state index contributed by atoms with van der Waals surface area (Å²) in [5.74, 6) is 0.376. The van der Waals surface area contributed by atoms with Gasteiger partial charge in [0.15, 0.2) is 0 Å². The Hall–Kier alpha value is -0.460. The van der Waals surface area contributed by atoms with Crippen molar-refractivity contribution in [2.75, 3.05) is 24.6 Å². The molecule has 0 radical (unpaired) electrons. The van der Waals surface area contributed by atoms with Gasteiger partial charge in [-0.1, -0.05) is 13.8 Å². The zero-order valence-corrected chi connectivity index (χ0v) is 12.5. The van der Waals surface area contributed by atoms with Crippen molar-refractivity contribution in [2.24, 2.45) is 5.92 Å². The van der Waals surface area contributed by atoms with Gasteiger partial charge in [0.1, 0.15) is 5.75 Å². The van der Waals surface area contributed by atoms with Crippen molar-refractivity contribution in [2.45, 2.75) is 39.8 Å². The van der Waals surface area contributed by atoms with Crippen molar-refractivity contribution in [3.8, 4) is 0 Å². The number of amides is 1. The van der Waals surface area contributed by atoms with Gasteiger partial charge in [-0.2, -0.15) is 0 Å². The molecule has 0 fully saturated rings. The van der Waals surface area contributed by atoms with Crippen LogP contribution in [0.2, 0.25) is 0 Å². The van der Waals surface area contributed by atoms with Crippen LogP contribution < -0.4 is 10.6 Å². The number of aliphatic hydroxyl groups excluding tert-OH is 1. The first kappa shape index (κ1) is 17.5. The van der Waals surface area contributed by atoms with E-state index in [4.69, 9.17) is 0 Å². The second kappa shape index (κ2) is 9.47. The molecule has 0 aliphatic carbocycles. The lowest BCUT2D eigenvalue weighted by Crippen LogP contribution is -2.37. The molecule has 18 heavy (non-hydrogen) atoms. The third-order valence-corrected chi connectivity index (χ3v) is 3.39. The maximum absolute atomic E-state index is 11.6. The van der Waals surface area contributed by atoms with Gasteiger partial charge in [0.2, 0.25) is 5.91 Å². The quantitative estimate of drug-likeness (QED) is 0.549. The lowest BCUT2D eigenvalue weighted by atomic mass is 10.2. The minimum absolute atomic E-state index is 0.0422. The van der Waals surface area contributed by atoms with E-state index in [2.05, 4.69) is 24.5 Å². The normalized spacial score (nSPS) is 14.8. The van der Waals surface area contributed by atoms with Crippen LogP contribution >= 0.6 is 0 Å². The van der Waals surface area contributed by atoms with E-state index >= 15 is 0 Å². The summed E-state index contributed by atoms with van der Waals surface area (Å²) in [6.45, 7) is 9.09. The van der Waals surface area contributed by atoms with E-state index in [9.17, 15) is 14.1 Å². The molecule has 0 bridgehead atoms. The zero-order valence-electron chi connectivity index (χ0n) is 11.7. The van der Waals surface area contributed by atoms with Gasteiger partial charge in [-0.25, -0.2) is 0 Å². The van der Waals surface area contributed by atoms with E-state index in [0.29, 0.717) is 12.5 Å². The maximum Gasteiger partial charge on any atom is 0.232 e. The SMILES string of the molecule is CC(C)CNCC(O)CS(=O)CC(=O)NC(C)C. The first-order valence-corrected chi connectivity index (χ1v) is 7.83. The molecule has 0 aliphatic heterocycles. The van der Waals surface area contributed by atoms with E-state index in [1.165, 1.54) is 0 Å². The molecule has 1 amide bonds. The van der Waals surface area contributed by atoms with Crippen LogP contribution in [0.4, 0.5) is 0 Å². The topological polar surface area (TPSA) is 78.4 Å². The van der Waals surface area contributed by atoms with Crippen LogP contribution in [0.3, 0.4) is 0 Å². The van der Waals surface area contributed by atoms with Crippen LogP contribution in [0.15, 0.2) is 0 Å². The highest BCUT2D eigenvalue weighted by Gasteiger charge is 2.13. The van der Waals surface area contributed by atoms with Crippen molar-refractivity contribution in [1.29, 1.82) is 0 Å². The van der Waals surface area contributed by atoms with Gasteiger partial charge in [-0.05, 0) is 26.3 Å². The third kappa shape index (κ3) is 10.7. The van der Waals surface area contributed by atoms with Crippen molar-refractivity contribution < 1.29 is 14.1 Å². The summed E-state index contributed by atoms with van der Waals surface area (Å²) in [4.78, 5) is 11.3. The molecular weight excluding hydrogens is 252 g/mol. The molecular formula is C12H26N2O3S. The number of carbonyl (C=O) groups excluding carboxylic acids is 1. The Morgan fingerprint density at radius 1 is 1.22 bits per heavy atom. The third-order valence-electron chi connectivity index (χ3n) is 2.05. The lowest BCUT2D eigenvalue weighted by Gasteiger charge is -2.13. The van der Waals surface area contributed by atoms with Gasteiger partial charge < -0.3 is 15.7 Å². The molecule has 3 N–H and O–H groups in total. The number of nitrogens with one attached hydrogen (secondary N) is 2. The van der Waals surface area contributed by atoms with Gasteiger partial charge in [-0.3, -0.25) is 9.00 Å². The largest absolute Gasteiger partial charge is 0.391 e. The van der Waals surface area contributed by atoms with Crippen LogP contribution in [0.5, 0.6) is 0 Å². The Bertz CT molecular complexity index is 270. The number of rotatable bonds is 9. The van der Waals surface area contributed by atoms with E-state index in [1.54, 1.807) is 0 Å². The molecule has 2 atom stereocenters. The predicted molar refractivity (Wildman–Crippen MR) is 74.9 cm³/mol. The monoisotopic (exact) mass is 278 g/mol. The fourth-order valence-electron chi connectivity index (χ4n) is 1.38. The highest BCUT2D eigenvalue weighted by Crippen LogP contribution is 1.92. The van der Waals surface area contributed by atoms with Crippen LogP contribution in [-0.4, -0.2) is 52.0 Å². The van der Waals surface area contributed by atoms with Crippen molar-refractivity contribution in [3.05, 3.63) is 0 Å². The molecule has 0 aromatic rings. The summed E-state index contributed by atoms with van der Waals surface area (Å²) in [6, 6.07) is 0.0483. The smallest absolute Gasteiger partial charge is 0.232 e. The summed E-state index contributed by atoms with van der Waals surface area (Å²) in [5, 5.41) is 15.4. The van der Waals surface area contributed by atoms with Gasteiger partial charge in [0.25, 0.3) is 0 Å². The highest BCUT2D eigenvalue weighted by molar-refractivity contribution is 7.85. The molecule has 0 aromatic carbocycles. The second-order valence-corrected chi connectivity index (χ2v) is 6.68. The number of hydrogen-bond acceptors (Lipinski definition) is 4. The Kier molecular flexibility index (Phi) is 9.23. The second-order valence-electron chi connectivity index (χ2n) is 5.18.